The van der Waals surface area contributed by atoms with Gasteiger partial charge in [-0.2, -0.15) is 0 Å². The van der Waals surface area contributed by atoms with E-state index in [1.54, 1.807) is 18.3 Å². The Balaban J connectivity index is 1.63. The number of rotatable bonds is 3. The van der Waals surface area contributed by atoms with E-state index in [1.165, 1.54) is 16.2 Å². The van der Waals surface area contributed by atoms with Crippen LogP contribution in [0.25, 0.3) is 10.2 Å². The van der Waals surface area contributed by atoms with Gasteiger partial charge in [-0.1, -0.05) is 23.5 Å². The number of amides is 1. The molecular weight excluding hydrogens is 360 g/mol. The van der Waals surface area contributed by atoms with Crippen LogP contribution in [0.15, 0.2) is 4.79 Å². The molecule has 0 spiro atoms. The smallest absolute Gasteiger partial charge is 0.279 e. The molecule has 0 aromatic carbocycles. The molecule has 8 nitrogen and oxygen atoms in total. The normalized spacial score (nSPS) is 16.8. The Hall–Kier alpha value is -2.20. The molecule has 0 fully saturated rings. The van der Waals surface area contributed by atoms with Gasteiger partial charge in [-0.15, -0.1) is 26.6 Å². The van der Waals surface area contributed by atoms with E-state index in [-0.39, 0.29) is 18.0 Å². The van der Waals surface area contributed by atoms with Crippen LogP contribution >= 0.6 is 22.7 Å². The van der Waals surface area contributed by atoms with Crippen molar-refractivity contribution in [2.75, 3.05) is 5.32 Å². The third-order valence-electron chi connectivity index (χ3n) is 4.25. The molecule has 3 heterocycles. The van der Waals surface area contributed by atoms with Crippen molar-refractivity contribution >= 4 is 43.9 Å². The first kappa shape index (κ1) is 16.3. The molecule has 0 aliphatic heterocycles. The van der Waals surface area contributed by atoms with Gasteiger partial charge >= 0.3 is 0 Å². The highest BCUT2D eigenvalue weighted by atomic mass is 32.1. The van der Waals surface area contributed by atoms with Crippen LogP contribution in [0.2, 0.25) is 0 Å². The lowest BCUT2D eigenvalue weighted by molar-refractivity contribution is -0.117. The second-order valence-electron chi connectivity index (χ2n) is 6.26. The lowest BCUT2D eigenvalue weighted by Crippen LogP contribution is -2.30. The number of nitrogens with zero attached hydrogens (tertiary/aromatic N) is 5. The van der Waals surface area contributed by atoms with Crippen LogP contribution in [-0.2, 0) is 24.2 Å². The second kappa shape index (κ2) is 6.26. The molecule has 0 radical (unpaired) electrons. The molecule has 1 N–H and O–H groups in total. The van der Waals surface area contributed by atoms with Crippen LogP contribution in [-0.4, -0.2) is 31.1 Å². The van der Waals surface area contributed by atoms with Gasteiger partial charge in [-0.25, -0.2) is 4.68 Å². The summed E-state index contributed by atoms with van der Waals surface area (Å²) in [5, 5.41) is 20.2. The third-order valence-corrected chi connectivity index (χ3v) is 6.14. The van der Waals surface area contributed by atoms with Crippen LogP contribution in [0.3, 0.4) is 0 Å². The van der Waals surface area contributed by atoms with Crippen molar-refractivity contribution in [3.05, 3.63) is 25.8 Å². The molecule has 3 aromatic heterocycles. The predicted molar refractivity (Wildman–Crippen MR) is 96.1 cm³/mol. The van der Waals surface area contributed by atoms with Gasteiger partial charge in [0.25, 0.3) is 5.56 Å². The summed E-state index contributed by atoms with van der Waals surface area (Å²) in [6.07, 6.45) is 2.93. The zero-order chi connectivity index (χ0) is 17.6. The van der Waals surface area contributed by atoms with Crippen LogP contribution in [0, 0.1) is 12.8 Å². The van der Waals surface area contributed by atoms with E-state index in [9.17, 15) is 9.59 Å². The zero-order valence-corrected chi connectivity index (χ0v) is 15.4. The molecule has 1 amide bonds. The molecule has 0 saturated carbocycles. The molecule has 1 aliphatic carbocycles. The average molecular weight is 376 g/mol. The van der Waals surface area contributed by atoms with Crippen LogP contribution in [0.4, 0.5) is 5.13 Å². The average Bonchev–Trinajstić information content (AvgIpc) is 3.13. The van der Waals surface area contributed by atoms with E-state index in [0.717, 1.165) is 34.5 Å². The molecule has 1 aliphatic rings. The van der Waals surface area contributed by atoms with Crippen molar-refractivity contribution in [1.82, 2.24) is 25.2 Å². The van der Waals surface area contributed by atoms with Gasteiger partial charge in [0.2, 0.25) is 11.0 Å². The summed E-state index contributed by atoms with van der Waals surface area (Å²) in [5.41, 5.74) is 0.840. The number of aryl methyl sites for hydroxylation is 2. The summed E-state index contributed by atoms with van der Waals surface area (Å²) in [6, 6.07) is 0. The molecule has 25 heavy (non-hydrogen) atoms. The van der Waals surface area contributed by atoms with Crippen molar-refractivity contribution in [2.45, 2.75) is 39.7 Å². The lowest BCUT2D eigenvalue weighted by atomic mass is 9.89. The van der Waals surface area contributed by atoms with Crippen molar-refractivity contribution in [1.29, 1.82) is 0 Å². The lowest BCUT2D eigenvalue weighted by Gasteiger charge is -2.17. The minimum absolute atomic E-state index is 0.193. The molecule has 10 heteroatoms. The second-order valence-corrected chi connectivity index (χ2v) is 8.52. The maximum Gasteiger partial charge on any atom is 0.279 e. The maximum absolute atomic E-state index is 12.8. The minimum Gasteiger partial charge on any atom is -0.299 e. The van der Waals surface area contributed by atoms with Gasteiger partial charge in [0.15, 0.2) is 4.83 Å². The number of aromatic nitrogens is 5. The number of hydrogen-bond acceptors (Lipinski definition) is 8. The fourth-order valence-corrected chi connectivity index (χ4v) is 4.96. The summed E-state index contributed by atoms with van der Waals surface area (Å²) in [5.74, 6) is 0.251. The Labute approximate surface area is 150 Å². The Morgan fingerprint density at radius 1 is 1.32 bits per heavy atom. The Bertz CT molecular complexity index is 1020. The van der Waals surface area contributed by atoms with Crippen molar-refractivity contribution in [3.63, 3.8) is 0 Å². The Kier molecular flexibility index (Phi) is 4.08. The van der Waals surface area contributed by atoms with Crippen LogP contribution < -0.4 is 10.9 Å². The number of anilines is 1. The SMILES string of the molecule is Cc1nnc(NC(=O)Cn2nnc3sc4c(c3c2=O)CCC(C)C4)s1. The highest BCUT2D eigenvalue weighted by Crippen LogP contribution is 2.35. The van der Waals surface area contributed by atoms with Gasteiger partial charge < -0.3 is 0 Å². The van der Waals surface area contributed by atoms with E-state index in [1.807, 2.05) is 0 Å². The molecular formula is C15H16N6O2S2. The van der Waals surface area contributed by atoms with Gasteiger partial charge in [0, 0.05) is 4.88 Å². The van der Waals surface area contributed by atoms with Crippen molar-refractivity contribution < 1.29 is 4.79 Å². The summed E-state index contributed by atoms with van der Waals surface area (Å²) >= 11 is 2.82. The fourth-order valence-electron chi connectivity index (χ4n) is 3.04. The highest BCUT2D eigenvalue weighted by molar-refractivity contribution is 7.18. The van der Waals surface area contributed by atoms with Gasteiger partial charge in [0.05, 0.1) is 5.39 Å². The largest absolute Gasteiger partial charge is 0.299 e. The minimum atomic E-state index is -0.371. The Morgan fingerprint density at radius 2 is 2.16 bits per heavy atom. The van der Waals surface area contributed by atoms with Crippen molar-refractivity contribution in [2.24, 2.45) is 5.92 Å². The quantitative estimate of drug-likeness (QED) is 0.747. The van der Waals surface area contributed by atoms with Gasteiger partial charge in [-0.3, -0.25) is 14.9 Å². The Morgan fingerprint density at radius 3 is 2.92 bits per heavy atom. The summed E-state index contributed by atoms with van der Waals surface area (Å²) in [7, 11) is 0. The zero-order valence-electron chi connectivity index (χ0n) is 13.8. The van der Waals surface area contributed by atoms with Gasteiger partial charge in [-0.05, 0) is 37.7 Å². The van der Waals surface area contributed by atoms with Crippen LogP contribution in [0.1, 0.15) is 28.8 Å². The van der Waals surface area contributed by atoms with E-state index in [2.05, 4.69) is 32.7 Å². The monoisotopic (exact) mass is 376 g/mol. The molecule has 0 saturated heterocycles. The number of nitrogens with one attached hydrogen (secondary N) is 1. The van der Waals surface area contributed by atoms with Gasteiger partial charge in [0.1, 0.15) is 11.6 Å². The maximum atomic E-state index is 12.8. The molecule has 3 aromatic rings. The molecule has 0 bridgehead atoms. The first-order valence-electron chi connectivity index (χ1n) is 7.99. The fraction of sp³-hybridized carbons (Fsp3) is 0.467. The topological polar surface area (TPSA) is 103 Å². The first-order chi connectivity index (χ1) is 12.0. The highest BCUT2D eigenvalue weighted by Gasteiger charge is 2.24. The van der Waals surface area contributed by atoms with Crippen LogP contribution in [0.5, 0.6) is 0 Å². The van der Waals surface area contributed by atoms with E-state index < -0.39 is 0 Å². The van der Waals surface area contributed by atoms with E-state index in [0.29, 0.717) is 21.3 Å². The molecule has 4 rings (SSSR count). The summed E-state index contributed by atoms with van der Waals surface area (Å²) in [4.78, 5) is 26.8. The summed E-state index contributed by atoms with van der Waals surface area (Å²) in [6.45, 7) is 3.83. The first-order valence-corrected chi connectivity index (χ1v) is 9.62. The number of hydrogen-bond donors (Lipinski definition) is 1. The number of carbonyl (C=O) groups is 1. The van der Waals surface area contributed by atoms with Crippen molar-refractivity contribution in [3.8, 4) is 0 Å². The molecule has 130 valence electrons. The predicted octanol–water partition coefficient (Wildman–Crippen LogP) is 1.78. The van der Waals surface area contributed by atoms with E-state index >= 15 is 0 Å². The molecule has 1 unspecified atom stereocenters. The number of fused-ring (bicyclic) bond motifs is 3. The number of thiophene rings is 1. The standard InChI is InChI=1S/C15H16N6O2S2/c1-7-3-4-9-10(5-7)25-13-12(9)14(23)21(20-18-13)6-11(22)16-15-19-17-8(2)24-15/h7H,3-6H2,1-2H3,(H,16,19,22). The third kappa shape index (κ3) is 3.07. The number of carbonyl (C=O) groups excluding carboxylic acids is 1. The molecule has 1 atom stereocenters. The summed E-state index contributed by atoms with van der Waals surface area (Å²) < 4.78 is 1.12. The van der Waals surface area contributed by atoms with E-state index in [4.69, 9.17) is 0 Å².